The van der Waals surface area contributed by atoms with Crippen molar-refractivity contribution in [3.05, 3.63) is 83.4 Å². The van der Waals surface area contributed by atoms with Crippen molar-refractivity contribution in [3.63, 3.8) is 0 Å². The van der Waals surface area contributed by atoms with E-state index in [1.807, 2.05) is 68.4 Å². The van der Waals surface area contributed by atoms with Gasteiger partial charge in [0.1, 0.15) is 5.75 Å². The van der Waals surface area contributed by atoms with E-state index >= 15 is 0 Å². The zero-order valence-electron chi connectivity index (χ0n) is 23.5. The van der Waals surface area contributed by atoms with Crippen molar-refractivity contribution in [2.24, 2.45) is 0 Å². The number of amides is 2. The van der Waals surface area contributed by atoms with Crippen molar-refractivity contribution in [2.45, 2.75) is 46.1 Å². The fourth-order valence-electron chi connectivity index (χ4n) is 4.90. The summed E-state index contributed by atoms with van der Waals surface area (Å²) in [7, 11) is 1.69. The van der Waals surface area contributed by atoms with Crippen LogP contribution in [0.4, 0.5) is 17.1 Å². The summed E-state index contributed by atoms with van der Waals surface area (Å²) in [6.07, 6.45) is 3.29. The van der Waals surface area contributed by atoms with Crippen LogP contribution < -0.4 is 25.2 Å². The summed E-state index contributed by atoms with van der Waals surface area (Å²) in [4.78, 5) is 30.8. The van der Waals surface area contributed by atoms with Gasteiger partial charge in [0, 0.05) is 49.2 Å². The van der Waals surface area contributed by atoms with Gasteiger partial charge in [0.25, 0.3) is 11.8 Å². The van der Waals surface area contributed by atoms with E-state index in [1.54, 1.807) is 13.2 Å². The molecule has 4 rings (SSSR count). The van der Waals surface area contributed by atoms with Crippen molar-refractivity contribution in [1.29, 1.82) is 0 Å². The number of rotatable bonds is 10. The fraction of sp³-hybridized carbons (Fsp3) is 0.375. The highest BCUT2D eigenvalue weighted by Gasteiger charge is 2.24. The van der Waals surface area contributed by atoms with E-state index in [9.17, 15) is 9.59 Å². The number of aryl methyl sites for hydroxylation is 1. The van der Waals surface area contributed by atoms with Crippen LogP contribution in [0, 0.1) is 0 Å². The predicted molar refractivity (Wildman–Crippen MR) is 159 cm³/mol. The third kappa shape index (κ3) is 7.11. The second kappa shape index (κ2) is 13.2. The van der Waals surface area contributed by atoms with E-state index in [0.717, 1.165) is 62.6 Å². The zero-order valence-corrected chi connectivity index (χ0v) is 23.5. The number of para-hydroxylation sites is 2. The number of benzene rings is 3. The van der Waals surface area contributed by atoms with E-state index in [1.165, 1.54) is 5.56 Å². The Bertz CT molecular complexity index is 1260. The summed E-state index contributed by atoms with van der Waals surface area (Å²) in [6.45, 7) is 9.19. The molecule has 0 bridgehead atoms. The smallest absolute Gasteiger partial charge is 0.255 e. The highest BCUT2D eigenvalue weighted by molar-refractivity contribution is 6.06. The number of anilines is 3. The van der Waals surface area contributed by atoms with E-state index in [0.29, 0.717) is 16.8 Å². The van der Waals surface area contributed by atoms with Crippen molar-refractivity contribution in [1.82, 2.24) is 5.32 Å². The predicted octanol–water partition coefficient (Wildman–Crippen LogP) is 5.75. The second-order valence-electron chi connectivity index (χ2n) is 10.3. The molecule has 0 radical (unpaired) electrons. The van der Waals surface area contributed by atoms with E-state index in [4.69, 9.17) is 4.74 Å². The third-order valence-electron chi connectivity index (χ3n) is 7.00. The van der Waals surface area contributed by atoms with Crippen LogP contribution in [0.1, 0.15) is 59.9 Å². The number of carbonyl (C=O) groups is 2. The molecule has 1 aliphatic rings. The minimum Gasteiger partial charge on any atom is -0.495 e. The number of unbranched alkanes of at least 4 members (excludes halogenated alkanes) is 1. The van der Waals surface area contributed by atoms with E-state index in [2.05, 4.69) is 33.4 Å². The molecule has 1 heterocycles. The number of carbonyl (C=O) groups excluding carboxylic acids is 2. The first-order valence-corrected chi connectivity index (χ1v) is 13.9. The van der Waals surface area contributed by atoms with Crippen LogP contribution in [-0.4, -0.2) is 51.1 Å². The lowest BCUT2D eigenvalue weighted by Crippen LogP contribution is -2.47. The van der Waals surface area contributed by atoms with Crippen LogP contribution >= 0.6 is 0 Å². The van der Waals surface area contributed by atoms with Crippen molar-refractivity contribution in [2.75, 3.05) is 48.4 Å². The standard InChI is InChI=1S/C32H40N4O3/c1-5-6-9-24-12-14-25(15-13-24)31(37)34-26-16-17-28(27(22-26)32(38)33-23(2)3)35-18-20-36(21-19-35)29-10-7-8-11-30(29)39-4/h7-8,10-17,22-23H,5-6,9,18-21H2,1-4H3,(H,33,38)(H,34,37). The minimum absolute atomic E-state index is 0.00258. The van der Waals surface area contributed by atoms with Crippen LogP contribution in [0.2, 0.25) is 0 Å². The third-order valence-corrected chi connectivity index (χ3v) is 7.00. The molecule has 0 saturated carbocycles. The first-order chi connectivity index (χ1) is 18.9. The zero-order chi connectivity index (χ0) is 27.8. The molecule has 3 aromatic rings. The molecule has 1 fully saturated rings. The van der Waals surface area contributed by atoms with Gasteiger partial charge in [-0.05, 0) is 74.7 Å². The van der Waals surface area contributed by atoms with Crippen LogP contribution in [0.3, 0.4) is 0 Å². The van der Waals surface area contributed by atoms with Gasteiger partial charge in [0.05, 0.1) is 18.4 Å². The summed E-state index contributed by atoms with van der Waals surface area (Å²) in [5.41, 5.74) is 4.93. The Kier molecular flexibility index (Phi) is 9.47. The molecule has 0 aromatic heterocycles. The largest absolute Gasteiger partial charge is 0.495 e. The maximum Gasteiger partial charge on any atom is 0.255 e. The summed E-state index contributed by atoms with van der Waals surface area (Å²) >= 11 is 0. The van der Waals surface area contributed by atoms with Gasteiger partial charge in [-0.1, -0.05) is 37.6 Å². The normalized spacial score (nSPS) is 13.4. The first kappa shape index (κ1) is 28.0. The number of ether oxygens (including phenoxy) is 1. The Morgan fingerprint density at radius 3 is 2.18 bits per heavy atom. The maximum absolute atomic E-state index is 13.2. The lowest BCUT2D eigenvalue weighted by atomic mass is 10.1. The Hall–Kier alpha value is -4.00. The fourth-order valence-corrected chi connectivity index (χ4v) is 4.90. The Morgan fingerprint density at radius 2 is 1.54 bits per heavy atom. The van der Waals surface area contributed by atoms with Gasteiger partial charge >= 0.3 is 0 Å². The van der Waals surface area contributed by atoms with Gasteiger partial charge in [0.15, 0.2) is 0 Å². The molecular formula is C32H40N4O3. The number of hydrogen-bond acceptors (Lipinski definition) is 5. The number of nitrogens with zero attached hydrogens (tertiary/aromatic N) is 2. The first-order valence-electron chi connectivity index (χ1n) is 13.9. The highest BCUT2D eigenvalue weighted by Crippen LogP contribution is 2.31. The van der Waals surface area contributed by atoms with Gasteiger partial charge in [-0.15, -0.1) is 0 Å². The summed E-state index contributed by atoms with van der Waals surface area (Å²) in [5, 5.41) is 6.00. The minimum atomic E-state index is -0.189. The number of piperazine rings is 1. The van der Waals surface area contributed by atoms with Crippen molar-refractivity contribution in [3.8, 4) is 5.75 Å². The molecule has 206 valence electrons. The topological polar surface area (TPSA) is 73.9 Å². The van der Waals surface area contributed by atoms with E-state index in [-0.39, 0.29) is 17.9 Å². The van der Waals surface area contributed by atoms with Gasteiger partial charge < -0.3 is 25.2 Å². The molecule has 0 aliphatic carbocycles. The Balaban J connectivity index is 1.50. The molecule has 0 spiro atoms. The number of nitrogens with one attached hydrogen (secondary N) is 2. The molecule has 0 atom stereocenters. The van der Waals surface area contributed by atoms with Gasteiger partial charge in [-0.2, -0.15) is 0 Å². The van der Waals surface area contributed by atoms with Gasteiger partial charge in [0.2, 0.25) is 0 Å². The monoisotopic (exact) mass is 528 g/mol. The van der Waals surface area contributed by atoms with Crippen molar-refractivity contribution >= 4 is 28.9 Å². The molecule has 1 aliphatic heterocycles. The number of methoxy groups -OCH3 is 1. The number of hydrogen-bond donors (Lipinski definition) is 2. The quantitative estimate of drug-likeness (QED) is 0.350. The molecule has 7 heteroatoms. The maximum atomic E-state index is 13.2. The van der Waals surface area contributed by atoms with Crippen LogP contribution in [-0.2, 0) is 6.42 Å². The average molecular weight is 529 g/mol. The summed E-state index contributed by atoms with van der Waals surface area (Å²) < 4.78 is 5.55. The van der Waals surface area contributed by atoms with Crippen LogP contribution in [0.25, 0.3) is 0 Å². The average Bonchev–Trinajstić information content (AvgIpc) is 2.96. The molecular weight excluding hydrogens is 488 g/mol. The van der Waals surface area contributed by atoms with Crippen LogP contribution in [0.5, 0.6) is 5.75 Å². The second-order valence-corrected chi connectivity index (χ2v) is 10.3. The molecule has 39 heavy (non-hydrogen) atoms. The molecule has 0 unspecified atom stereocenters. The van der Waals surface area contributed by atoms with Gasteiger partial charge in [-0.3, -0.25) is 9.59 Å². The molecule has 2 amide bonds. The Morgan fingerprint density at radius 1 is 0.872 bits per heavy atom. The van der Waals surface area contributed by atoms with Gasteiger partial charge in [-0.25, -0.2) is 0 Å². The SMILES string of the molecule is CCCCc1ccc(C(=O)Nc2ccc(N3CCN(c4ccccc4OC)CC3)c(C(=O)NC(C)C)c2)cc1. The molecule has 7 nitrogen and oxygen atoms in total. The van der Waals surface area contributed by atoms with Crippen molar-refractivity contribution < 1.29 is 14.3 Å². The van der Waals surface area contributed by atoms with E-state index < -0.39 is 0 Å². The highest BCUT2D eigenvalue weighted by atomic mass is 16.5. The lowest BCUT2D eigenvalue weighted by molar-refractivity contribution is 0.0942. The Labute approximate surface area is 232 Å². The lowest BCUT2D eigenvalue weighted by Gasteiger charge is -2.38. The van der Waals surface area contributed by atoms with Crippen LogP contribution in [0.15, 0.2) is 66.7 Å². The molecule has 3 aromatic carbocycles. The summed E-state index contributed by atoms with van der Waals surface area (Å²) in [6, 6.07) is 21.4. The molecule has 2 N–H and O–H groups in total. The summed E-state index contributed by atoms with van der Waals surface area (Å²) in [5.74, 6) is 0.521. The molecule has 1 saturated heterocycles.